The Kier molecular flexibility index (Phi) is 6.59. The van der Waals surface area contributed by atoms with E-state index in [0.29, 0.717) is 18.8 Å². The van der Waals surface area contributed by atoms with Crippen LogP contribution in [0.5, 0.6) is 0 Å². The van der Waals surface area contributed by atoms with Gasteiger partial charge in [-0.3, -0.25) is 20.4 Å². The lowest BCUT2D eigenvalue weighted by Gasteiger charge is -2.26. The zero-order chi connectivity index (χ0) is 23.4. The van der Waals surface area contributed by atoms with Gasteiger partial charge >= 0.3 is 0 Å². The second-order valence-corrected chi connectivity index (χ2v) is 9.48. The summed E-state index contributed by atoms with van der Waals surface area (Å²) in [4.78, 5) is 25.2. The summed E-state index contributed by atoms with van der Waals surface area (Å²) in [5.74, 6) is -1.12. The Balaban J connectivity index is 1.45. The van der Waals surface area contributed by atoms with Crippen LogP contribution < -0.4 is 10.9 Å². The molecule has 9 nitrogen and oxygen atoms in total. The number of hydrogen-bond acceptors (Lipinski definition) is 5. The summed E-state index contributed by atoms with van der Waals surface area (Å²) in [6, 6.07) is 14.7. The molecule has 1 saturated heterocycles. The van der Waals surface area contributed by atoms with Crippen LogP contribution >= 0.6 is 0 Å². The van der Waals surface area contributed by atoms with Crippen LogP contribution in [0.1, 0.15) is 26.3 Å². The minimum Gasteiger partial charge on any atom is -0.379 e. The molecule has 2 heterocycles. The average molecular weight is 469 g/mol. The van der Waals surface area contributed by atoms with Crippen molar-refractivity contribution in [2.24, 2.45) is 0 Å². The number of amides is 2. The highest BCUT2D eigenvalue weighted by molar-refractivity contribution is 7.89. The summed E-state index contributed by atoms with van der Waals surface area (Å²) in [5, 5.41) is 0. The van der Waals surface area contributed by atoms with Gasteiger partial charge in [-0.15, -0.1) is 0 Å². The van der Waals surface area contributed by atoms with E-state index in [1.54, 1.807) is 12.1 Å². The maximum absolute atomic E-state index is 12.8. The number of aromatic nitrogens is 1. The van der Waals surface area contributed by atoms with Crippen molar-refractivity contribution in [3.63, 3.8) is 0 Å². The molecule has 2 N–H and O–H groups in total. The van der Waals surface area contributed by atoms with Crippen LogP contribution in [0.3, 0.4) is 0 Å². The molecule has 0 aliphatic carbocycles. The fourth-order valence-electron chi connectivity index (χ4n) is 3.52. The molecule has 1 aliphatic heterocycles. The Morgan fingerprint density at radius 1 is 0.879 bits per heavy atom. The highest BCUT2D eigenvalue weighted by atomic mass is 32.2. The zero-order valence-corrected chi connectivity index (χ0v) is 18.8. The molecular formula is C23H24N4O5S. The minimum atomic E-state index is -3.74. The quantitative estimate of drug-likeness (QED) is 0.556. The van der Waals surface area contributed by atoms with Crippen LogP contribution in [0.25, 0.3) is 5.69 Å². The number of nitrogens with zero attached hydrogens (tertiary/aromatic N) is 2. The number of hydrogen-bond donors (Lipinski definition) is 2. The molecule has 1 fully saturated rings. The van der Waals surface area contributed by atoms with Crippen LogP contribution in [0.15, 0.2) is 71.9 Å². The molecule has 0 unspecified atom stereocenters. The molecule has 10 heteroatoms. The Labute approximate surface area is 192 Å². The Morgan fingerprint density at radius 3 is 2.18 bits per heavy atom. The Morgan fingerprint density at radius 2 is 1.52 bits per heavy atom. The van der Waals surface area contributed by atoms with Crippen molar-refractivity contribution in [1.82, 2.24) is 19.7 Å². The second kappa shape index (κ2) is 9.57. The molecule has 4 rings (SSSR count). The number of sulfonamides is 1. The van der Waals surface area contributed by atoms with Crippen molar-refractivity contribution < 1.29 is 22.7 Å². The van der Waals surface area contributed by atoms with Gasteiger partial charge in [0.2, 0.25) is 10.0 Å². The van der Waals surface area contributed by atoms with Gasteiger partial charge in [-0.25, -0.2) is 8.42 Å². The average Bonchev–Trinajstić information content (AvgIpc) is 3.38. The molecule has 172 valence electrons. The summed E-state index contributed by atoms with van der Waals surface area (Å²) in [6.45, 7) is 3.12. The molecule has 1 aromatic heterocycles. The van der Waals surface area contributed by atoms with E-state index in [9.17, 15) is 18.0 Å². The molecule has 1 aliphatic rings. The molecule has 2 aromatic carbocycles. The summed E-state index contributed by atoms with van der Waals surface area (Å²) in [5.41, 5.74) is 7.06. The zero-order valence-electron chi connectivity index (χ0n) is 18.0. The number of carbonyl (C=O) groups is 2. The fraction of sp³-hybridized carbons (Fsp3) is 0.217. The minimum absolute atomic E-state index is 0.0123. The standard InChI is InChI=1S/C23H24N4O5S/c1-17-7-8-19(16-21(17)26-9-2-3-10-26)23(29)25-24-22(28)18-5-4-6-20(15-18)33(30,31)27-11-13-32-14-12-27/h2-10,15-16H,11-14H2,1H3,(H,24,28)(H,25,29). The lowest BCUT2D eigenvalue weighted by molar-refractivity contribution is 0.0730. The first-order chi connectivity index (χ1) is 15.9. The Bertz CT molecular complexity index is 1270. The predicted octanol–water partition coefficient (Wildman–Crippen LogP) is 1.88. The monoisotopic (exact) mass is 468 g/mol. The van der Waals surface area contributed by atoms with Crippen molar-refractivity contribution in [2.45, 2.75) is 11.8 Å². The molecule has 0 spiro atoms. The summed E-state index contributed by atoms with van der Waals surface area (Å²) < 4.78 is 34.1. The Hall–Kier alpha value is -3.47. The summed E-state index contributed by atoms with van der Waals surface area (Å²) in [6.07, 6.45) is 3.76. The van der Waals surface area contributed by atoms with E-state index >= 15 is 0 Å². The number of carbonyl (C=O) groups excluding carboxylic acids is 2. The van der Waals surface area contributed by atoms with Gasteiger partial charge < -0.3 is 9.30 Å². The van der Waals surface area contributed by atoms with Crippen LogP contribution in [0, 0.1) is 6.92 Å². The van der Waals surface area contributed by atoms with Crippen molar-refractivity contribution in [3.05, 3.63) is 83.7 Å². The van der Waals surface area contributed by atoms with Crippen molar-refractivity contribution in [3.8, 4) is 5.69 Å². The summed E-state index contributed by atoms with van der Waals surface area (Å²) >= 11 is 0. The lowest BCUT2D eigenvalue weighted by atomic mass is 10.1. The first kappa shape index (κ1) is 22.7. The van der Waals surface area contributed by atoms with Crippen LogP contribution in [0.4, 0.5) is 0 Å². The normalized spacial score (nSPS) is 14.6. The number of rotatable bonds is 5. The lowest BCUT2D eigenvalue weighted by Crippen LogP contribution is -2.42. The predicted molar refractivity (Wildman–Crippen MR) is 121 cm³/mol. The van der Waals surface area contributed by atoms with Crippen molar-refractivity contribution >= 4 is 21.8 Å². The number of benzene rings is 2. The first-order valence-electron chi connectivity index (χ1n) is 10.4. The highest BCUT2D eigenvalue weighted by Gasteiger charge is 2.27. The SMILES string of the molecule is Cc1ccc(C(=O)NNC(=O)c2cccc(S(=O)(=O)N3CCOCC3)c2)cc1-n1cccc1. The van der Waals surface area contributed by atoms with Crippen LogP contribution in [-0.2, 0) is 14.8 Å². The van der Waals surface area contributed by atoms with E-state index in [1.165, 1.54) is 28.6 Å². The van der Waals surface area contributed by atoms with Gasteiger partial charge in [-0.2, -0.15) is 4.31 Å². The molecule has 0 radical (unpaired) electrons. The van der Waals surface area contributed by atoms with E-state index < -0.39 is 21.8 Å². The van der Waals surface area contributed by atoms with Crippen molar-refractivity contribution in [2.75, 3.05) is 26.3 Å². The van der Waals surface area contributed by atoms with Crippen molar-refractivity contribution in [1.29, 1.82) is 0 Å². The molecule has 2 amide bonds. The number of ether oxygens (including phenoxy) is 1. The van der Waals surface area contributed by atoms with Crippen LogP contribution in [-0.4, -0.2) is 55.4 Å². The maximum Gasteiger partial charge on any atom is 0.269 e. The maximum atomic E-state index is 12.8. The molecular weight excluding hydrogens is 444 g/mol. The summed E-state index contributed by atoms with van der Waals surface area (Å²) in [7, 11) is -3.74. The van der Waals surface area contributed by atoms with Gasteiger partial charge in [-0.1, -0.05) is 12.1 Å². The van der Waals surface area contributed by atoms with Gasteiger partial charge in [0.15, 0.2) is 0 Å². The van der Waals surface area contributed by atoms with Gasteiger partial charge in [0.1, 0.15) is 0 Å². The second-order valence-electron chi connectivity index (χ2n) is 7.54. The first-order valence-corrected chi connectivity index (χ1v) is 11.8. The van der Waals surface area contributed by atoms with E-state index in [-0.39, 0.29) is 23.5 Å². The van der Waals surface area contributed by atoms with Gasteiger partial charge in [-0.05, 0) is 55.0 Å². The smallest absolute Gasteiger partial charge is 0.269 e. The van der Waals surface area contributed by atoms with E-state index in [2.05, 4.69) is 10.9 Å². The number of aryl methyl sites for hydroxylation is 1. The molecule has 3 aromatic rings. The van der Waals surface area contributed by atoms with E-state index in [1.807, 2.05) is 42.1 Å². The van der Waals surface area contributed by atoms with E-state index in [0.717, 1.165) is 11.3 Å². The van der Waals surface area contributed by atoms with Gasteiger partial charge in [0, 0.05) is 42.3 Å². The van der Waals surface area contributed by atoms with Gasteiger partial charge in [0.25, 0.3) is 11.8 Å². The van der Waals surface area contributed by atoms with Crippen LogP contribution in [0.2, 0.25) is 0 Å². The van der Waals surface area contributed by atoms with E-state index in [4.69, 9.17) is 4.74 Å². The third-order valence-corrected chi connectivity index (χ3v) is 7.24. The number of morpholine rings is 1. The third-order valence-electron chi connectivity index (χ3n) is 5.35. The number of hydrazine groups is 1. The van der Waals surface area contributed by atoms with Gasteiger partial charge in [0.05, 0.1) is 18.1 Å². The molecule has 33 heavy (non-hydrogen) atoms. The number of nitrogens with one attached hydrogen (secondary N) is 2. The largest absolute Gasteiger partial charge is 0.379 e. The highest BCUT2D eigenvalue weighted by Crippen LogP contribution is 2.19. The molecule has 0 bridgehead atoms. The molecule has 0 saturated carbocycles. The topological polar surface area (TPSA) is 110 Å². The molecule has 0 atom stereocenters. The third kappa shape index (κ3) is 4.98. The fourth-order valence-corrected chi connectivity index (χ4v) is 4.97.